The van der Waals surface area contributed by atoms with Crippen molar-refractivity contribution in [3.63, 3.8) is 0 Å². The van der Waals surface area contributed by atoms with E-state index >= 15 is 0 Å². The molecular formula is C27H49NO9. The lowest BCUT2D eigenvalue weighted by molar-refractivity contribution is -0.336. The average Bonchev–Trinajstić information content (AvgIpc) is 2.72. The van der Waals surface area contributed by atoms with Gasteiger partial charge in [-0.3, -0.25) is 9.59 Å². The van der Waals surface area contributed by atoms with E-state index in [9.17, 15) is 24.9 Å². The van der Waals surface area contributed by atoms with Crippen molar-refractivity contribution in [2.45, 2.75) is 149 Å². The zero-order valence-corrected chi connectivity index (χ0v) is 24.3. The number of Topliss-reactive ketones (excluding diaryl/α,β-unsaturated/α-hetero) is 1. The highest BCUT2D eigenvalue weighted by atomic mass is 16.7. The van der Waals surface area contributed by atoms with Crippen LogP contribution in [0.1, 0.15) is 82.6 Å². The van der Waals surface area contributed by atoms with Crippen LogP contribution >= 0.6 is 0 Å². The fourth-order valence-corrected chi connectivity index (χ4v) is 4.87. The molecule has 2 rings (SSSR count). The molecule has 37 heavy (non-hydrogen) atoms. The Labute approximate surface area is 221 Å². The number of carbonyl (C=O) groups excluding carboxylic acids is 2. The van der Waals surface area contributed by atoms with Crippen LogP contribution in [-0.4, -0.2) is 93.8 Å². The Hall–Kier alpha value is -1.14. The van der Waals surface area contributed by atoms with Gasteiger partial charge in [-0.1, -0.05) is 48.5 Å². The number of nitrogens with one attached hydrogen (secondary N) is 1. The van der Waals surface area contributed by atoms with E-state index in [2.05, 4.69) is 5.32 Å². The van der Waals surface area contributed by atoms with Crippen LogP contribution < -0.4 is 5.32 Å². The number of rotatable bonds is 6. The molecule has 1 amide bonds. The Morgan fingerprint density at radius 3 is 1.86 bits per heavy atom. The summed E-state index contributed by atoms with van der Waals surface area (Å²) in [4.78, 5) is 25.5. The lowest BCUT2D eigenvalue weighted by Gasteiger charge is -2.51. The van der Waals surface area contributed by atoms with Gasteiger partial charge in [-0.15, -0.1) is 0 Å². The van der Waals surface area contributed by atoms with E-state index in [0.29, 0.717) is 6.42 Å². The monoisotopic (exact) mass is 531 g/mol. The van der Waals surface area contributed by atoms with Gasteiger partial charge in [0.05, 0.1) is 23.9 Å². The summed E-state index contributed by atoms with van der Waals surface area (Å²) in [7, 11) is 0. The highest BCUT2D eigenvalue weighted by Crippen LogP contribution is 2.38. The van der Waals surface area contributed by atoms with Crippen LogP contribution in [-0.2, 0) is 28.5 Å². The summed E-state index contributed by atoms with van der Waals surface area (Å²) in [6.07, 6.45) is -9.83. The molecule has 10 unspecified atom stereocenters. The molecule has 10 nitrogen and oxygen atoms in total. The summed E-state index contributed by atoms with van der Waals surface area (Å²) in [6.45, 7) is 19.6. The molecule has 0 spiro atoms. The standard InChI is InChI=1S/C27H49NO9/c1-12-14-16(30)19(15(28-13(2)29)23(34-14)26(6,7)8)35-24-18(32)17(31)20(37-27(9,10)11)21(36-24)22(33)25(3,4)5/h14-21,23-24,30-32H,12H2,1-11H3,(H,28,29). The molecule has 2 heterocycles. The number of aliphatic hydroxyl groups is 3. The largest absolute Gasteiger partial charge is 0.388 e. The van der Waals surface area contributed by atoms with Crippen molar-refractivity contribution in [1.82, 2.24) is 5.32 Å². The molecule has 10 heteroatoms. The summed E-state index contributed by atoms with van der Waals surface area (Å²) < 4.78 is 24.4. The molecule has 216 valence electrons. The first kappa shape index (κ1) is 32.1. The SMILES string of the molecule is CCC1OC(C(C)(C)C)C(NC(C)=O)C(OC2OC(C(=O)C(C)(C)C)C(OC(C)(C)C)C(O)C2O)C1O. The molecule has 0 saturated carbocycles. The topological polar surface area (TPSA) is 144 Å². The van der Waals surface area contributed by atoms with Crippen LogP contribution in [0.5, 0.6) is 0 Å². The second kappa shape index (κ2) is 11.5. The number of amides is 1. The summed E-state index contributed by atoms with van der Waals surface area (Å²) in [5.41, 5.74) is -2.01. The molecule has 0 radical (unpaired) electrons. The summed E-state index contributed by atoms with van der Waals surface area (Å²) >= 11 is 0. The van der Waals surface area contributed by atoms with Gasteiger partial charge in [0.1, 0.15) is 36.6 Å². The number of ether oxygens (including phenoxy) is 4. The molecule has 2 saturated heterocycles. The molecule has 0 aromatic carbocycles. The van der Waals surface area contributed by atoms with Gasteiger partial charge in [0.2, 0.25) is 5.91 Å². The van der Waals surface area contributed by atoms with Crippen molar-refractivity contribution in [1.29, 1.82) is 0 Å². The van der Waals surface area contributed by atoms with Gasteiger partial charge in [-0.2, -0.15) is 0 Å². The van der Waals surface area contributed by atoms with Crippen molar-refractivity contribution in [3.8, 4) is 0 Å². The van der Waals surface area contributed by atoms with Crippen molar-refractivity contribution in [3.05, 3.63) is 0 Å². The Kier molecular flexibility index (Phi) is 10.0. The van der Waals surface area contributed by atoms with Gasteiger partial charge in [0.15, 0.2) is 12.1 Å². The Morgan fingerprint density at radius 2 is 1.43 bits per heavy atom. The highest BCUT2D eigenvalue weighted by molar-refractivity contribution is 5.88. The number of aliphatic hydroxyl groups excluding tert-OH is 3. The van der Waals surface area contributed by atoms with Gasteiger partial charge in [0.25, 0.3) is 0 Å². The quantitative estimate of drug-likeness (QED) is 0.403. The third-order valence-electron chi connectivity index (χ3n) is 6.67. The van der Waals surface area contributed by atoms with Crippen molar-refractivity contribution in [2.24, 2.45) is 10.8 Å². The fraction of sp³-hybridized carbons (Fsp3) is 0.926. The van der Waals surface area contributed by atoms with E-state index in [1.54, 1.807) is 41.5 Å². The first-order valence-electron chi connectivity index (χ1n) is 13.2. The normalized spacial score (nSPS) is 37.8. The number of hydrogen-bond acceptors (Lipinski definition) is 9. The van der Waals surface area contributed by atoms with Gasteiger partial charge in [-0.05, 0) is 32.6 Å². The molecule has 0 bridgehead atoms. The maximum Gasteiger partial charge on any atom is 0.217 e. The Bertz CT molecular complexity index is 797. The molecule has 2 aliphatic heterocycles. The number of hydrogen-bond donors (Lipinski definition) is 4. The maximum atomic E-state index is 13.4. The number of carbonyl (C=O) groups is 2. The zero-order chi connectivity index (χ0) is 28.7. The smallest absolute Gasteiger partial charge is 0.217 e. The zero-order valence-electron chi connectivity index (χ0n) is 24.3. The summed E-state index contributed by atoms with van der Waals surface area (Å²) in [5, 5.41) is 36.2. The minimum atomic E-state index is -1.59. The minimum Gasteiger partial charge on any atom is -0.388 e. The molecule has 2 aliphatic rings. The first-order chi connectivity index (χ1) is 16.7. The Morgan fingerprint density at radius 1 is 0.865 bits per heavy atom. The van der Waals surface area contributed by atoms with Gasteiger partial charge >= 0.3 is 0 Å². The maximum absolute atomic E-state index is 13.4. The molecule has 2 fully saturated rings. The predicted molar refractivity (Wildman–Crippen MR) is 137 cm³/mol. The van der Waals surface area contributed by atoms with E-state index in [1.165, 1.54) is 6.92 Å². The van der Waals surface area contributed by atoms with Gasteiger partial charge in [-0.25, -0.2) is 0 Å². The van der Waals surface area contributed by atoms with E-state index < -0.39 is 77.6 Å². The van der Waals surface area contributed by atoms with Crippen LogP contribution in [0.2, 0.25) is 0 Å². The lowest BCUT2D eigenvalue weighted by Crippen LogP contribution is -2.69. The predicted octanol–water partition coefficient (Wildman–Crippen LogP) is 1.71. The summed E-state index contributed by atoms with van der Waals surface area (Å²) in [5.74, 6) is -0.672. The van der Waals surface area contributed by atoms with Crippen LogP contribution in [0.3, 0.4) is 0 Å². The Balaban J connectivity index is 2.48. The fourth-order valence-electron chi connectivity index (χ4n) is 4.87. The third-order valence-corrected chi connectivity index (χ3v) is 6.67. The highest BCUT2D eigenvalue weighted by Gasteiger charge is 2.55. The van der Waals surface area contributed by atoms with E-state index in [0.717, 1.165) is 0 Å². The van der Waals surface area contributed by atoms with Crippen LogP contribution in [0, 0.1) is 10.8 Å². The molecule has 0 aromatic heterocycles. The molecule has 0 aromatic rings. The molecule has 4 N–H and O–H groups in total. The first-order valence-corrected chi connectivity index (χ1v) is 13.2. The molecular weight excluding hydrogens is 482 g/mol. The average molecular weight is 532 g/mol. The lowest BCUT2D eigenvalue weighted by atomic mass is 9.78. The van der Waals surface area contributed by atoms with E-state index in [1.807, 2.05) is 27.7 Å². The second-order valence-electron chi connectivity index (χ2n) is 13.4. The summed E-state index contributed by atoms with van der Waals surface area (Å²) in [6, 6.07) is -0.788. The minimum absolute atomic E-state index is 0.328. The second-order valence-corrected chi connectivity index (χ2v) is 13.4. The third kappa shape index (κ3) is 7.71. The van der Waals surface area contributed by atoms with Crippen molar-refractivity contribution < 1.29 is 43.9 Å². The van der Waals surface area contributed by atoms with Gasteiger partial charge in [0, 0.05) is 12.3 Å². The van der Waals surface area contributed by atoms with E-state index in [4.69, 9.17) is 18.9 Å². The number of ketones is 1. The van der Waals surface area contributed by atoms with Crippen LogP contribution in [0.15, 0.2) is 0 Å². The molecule has 0 aliphatic carbocycles. The van der Waals surface area contributed by atoms with Crippen molar-refractivity contribution >= 4 is 11.7 Å². The van der Waals surface area contributed by atoms with Crippen LogP contribution in [0.4, 0.5) is 0 Å². The van der Waals surface area contributed by atoms with Gasteiger partial charge < -0.3 is 39.6 Å². The van der Waals surface area contributed by atoms with Crippen molar-refractivity contribution in [2.75, 3.05) is 0 Å². The van der Waals surface area contributed by atoms with Crippen LogP contribution in [0.25, 0.3) is 0 Å². The van der Waals surface area contributed by atoms with E-state index in [-0.39, 0.29) is 11.7 Å². The molecule has 10 atom stereocenters.